The molecular formula is C97H164O16P2. The van der Waals surface area contributed by atoms with Gasteiger partial charge in [-0.2, -0.15) is 0 Å². The summed E-state index contributed by atoms with van der Waals surface area (Å²) in [4.78, 5) is 59.0. The van der Waals surface area contributed by atoms with Crippen LogP contribution in [0.1, 0.15) is 367 Å². The van der Waals surface area contributed by atoms with Gasteiger partial charge in [0.2, 0.25) is 0 Å². The third-order valence-electron chi connectivity index (χ3n) is 18.9. The number of rotatable bonds is 85. The molecule has 0 fully saturated rings. The van der Waals surface area contributed by atoms with E-state index in [4.69, 9.17) is 32.3 Å². The minimum Gasteiger partial charge on any atom is -0.463 e. The number of phosphoric acid groups is 2. The molecule has 0 saturated carbocycles. The van der Waals surface area contributed by atoms with Crippen molar-refractivity contribution in [1.29, 1.82) is 0 Å². The van der Waals surface area contributed by atoms with Crippen LogP contribution in [0.15, 0.2) is 170 Å². The first-order valence-electron chi connectivity index (χ1n) is 45.4. The lowest BCUT2D eigenvalue weighted by molar-refractivity contribution is -0.161. The zero-order chi connectivity index (χ0) is 83.6. The second-order valence-electron chi connectivity index (χ2n) is 30.0. The van der Waals surface area contributed by atoms with Crippen LogP contribution in [-0.4, -0.2) is 95.9 Å². The Bertz CT molecular complexity index is 2770. The lowest BCUT2D eigenvalue weighted by Gasteiger charge is -2.21. The number of esters is 3. The van der Waals surface area contributed by atoms with E-state index in [1.807, 2.05) is 0 Å². The summed E-state index contributed by atoms with van der Waals surface area (Å²) in [6.45, 7) is 2.53. The van der Waals surface area contributed by atoms with Gasteiger partial charge in [-0.1, -0.05) is 358 Å². The Morgan fingerprint density at radius 3 is 0.730 bits per heavy atom. The second-order valence-corrected chi connectivity index (χ2v) is 32.9. The molecule has 4 N–H and O–H groups in total. The molecule has 0 spiro atoms. The average molecular weight is 1650 g/mol. The molecule has 18 heteroatoms. The Labute approximate surface area is 701 Å². The normalized spacial score (nSPS) is 14.6. The summed E-state index contributed by atoms with van der Waals surface area (Å²) >= 11 is 0. The molecular weight excluding hydrogens is 1480 g/mol. The number of carbonyl (C=O) groups is 3. The van der Waals surface area contributed by atoms with Crippen molar-refractivity contribution in [1.82, 2.24) is 0 Å². The molecule has 0 saturated heterocycles. The highest BCUT2D eigenvalue weighted by Gasteiger charge is 2.29. The maximum Gasteiger partial charge on any atom is 0.472 e. The number of hydrogen-bond donors (Lipinski definition) is 4. The topological polar surface area (TPSA) is 231 Å². The summed E-state index contributed by atoms with van der Waals surface area (Å²) in [5.41, 5.74) is 0. The first-order chi connectivity index (χ1) is 56.2. The van der Waals surface area contributed by atoms with E-state index < -0.39 is 91.5 Å². The number of unbranched alkanes of at least 4 members (excludes halogenated alkanes) is 34. The van der Waals surface area contributed by atoms with Crippen molar-refractivity contribution in [2.45, 2.75) is 386 Å². The van der Waals surface area contributed by atoms with Gasteiger partial charge >= 0.3 is 33.6 Å². The molecule has 0 aliphatic heterocycles. The zero-order valence-corrected chi connectivity index (χ0v) is 74.2. The first kappa shape index (κ1) is 110. The fraction of sp³-hybridized carbons (Fsp3) is 0.680. The molecule has 0 aliphatic carbocycles. The van der Waals surface area contributed by atoms with Crippen LogP contribution in [0.3, 0.4) is 0 Å². The van der Waals surface area contributed by atoms with Crippen molar-refractivity contribution in [3.63, 3.8) is 0 Å². The molecule has 0 rings (SSSR count). The number of phosphoric ester groups is 2. The van der Waals surface area contributed by atoms with E-state index in [0.29, 0.717) is 19.3 Å². The lowest BCUT2D eigenvalue weighted by atomic mass is 10.1. The summed E-state index contributed by atoms with van der Waals surface area (Å²) < 4.78 is 61.5. The lowest BCUT2D eigenvalue weighted by Crippen LogP contribution is -2.30. The fourth-order valence-corrected chi connectivity index (χ4v) is 13.6. The van der Waals surface area contributed by atoms with Gasteiger partial charge in [0.1, 0.15) is 25.4 Å². The molecule has 0 radical (unpaired) electrons. The smallest absolute Gasteiger partial charge is 0.463 e. The highest BCUT2D eigenvalue weighted by atomic mass is 31.2. The van der Waals surface area contributed by atoms with Gasteiger partial charge in [-0.3, -0.25) is 32.5 Å². The van der Waals surface area contributed by atoms with Gasteiger partial charge in [0.25, 0.3) is 0 Å². The Kier molecular flexibility index (Phi) is 84.3. The average Bonchev–Trinajstić information content (AvgIpc) is 0.902. The maximum absolute atomic E-state index is 13.1. The van der Waals surface area contributed by atoms with Crippen molar-refractivity contribution in [2.24, 2.45) is 0 Å². The number of ether oxygens (including phenoxy) is 3. The molecule has 0 aromatic carbocycles. The van der Waals surface area contributed by atoms with E-state index in [2.05, 4.69) is 191 Å². The van der Waals surface area contributed by atoms with Gasteiger partial charge in [-0.05, 0) is 161 Å². The molecule has 0 aromatic heterocycles. The van der Waals surface area contributed by atoms with Crippen molar-refractivity contribution in [3.05, 3.63) is 170 Å². The van der Waals surface area contributed by atoms with Crippen LogP contribution < -0.4 is 0 Å². The van der Waals surface area contributed by atoms with Gasteiger partial charge < -0.3 is 34.2 Å². The minimum atomic E-state index is -4.95. The Morgan fingerprint density at radius 1 is 0.252 bits per heavy atom. The number of carbonyl (C=O) groups excluding carboxylic acids is 3. The minimum absolute atomic E-state index is 0.0915. The monoisotopic (exact) mass is 1650 g/mol. The molecule has 0 bridgehead atoms. The van der Waals surface area contributed by atoms with Crippen LogP contribution >= 0.6 is 15.6 Å². The van der Waals surface area contributed by atoms with Crippen LogP contribution in [0.5, 0.6) is 0 Å². The fourth-order valence-electron chi connectivity index (χ4n) is 12.0. The highest BCUT2D eigenvalue weighted by Crippen LogP contribution is 2.45. The van der Waals surface area contributed by atoms with Crippen LogP contribution in [-0.2, 0) is 55.8 Å². The molecule has 0 amide bonds. The molecule has 0 heterocycles. The van der Waals surface area contributed by atoms with E-state index in [1.54, 1.807) is 0 Å². The summed E-state index contributed by atoms with van der Waals surface area (Å²) in [7, 11) is -9.82. The zero-order valence-electron chi connectivity index (χ0n) is 72.4. The van der Waals surface area contributed by atoms with Crippen LogP contribution in [0, 0.1) is 0 Å². The Hall–Kier alpha value is -5.09. The molecule has 115 heavy (non-hydrogen) atoms. The van der Waals surface area contributed by atoms with Crippen molar-refractivity contribution >= 4 is 33.6 Å². The first-order valence-corrected chi connectivity index (χ1v) is 48.4. The van der Waals surface area contributed by atoms with E-state index in [-0.39, 0.29) is 19.3 Å². The standard InChI is InChI=1S/C97H164O16P2/c1-4-7-10-13-16-19-22-25-28-31-34-37-40-43-44-45-46-49-51-53-56-59-62-65-68-71-74-77-80-83-95(100)107-86-92(98)87-109-114(103,104)110-88-93(99)89-111-115(105,106)112-91-94(113-97(102)85-82-79-76-73-70-67-64-61-58-55-52-48-42-39-36-33-30-27-24-21-18-15-12-9-6-3)90-108-96(101)84-81-78-75-72-69-66-63-60-57-54-50-47-41-38-35-32-29-26-23-20-17-14-11-8-5-2/h7,10,16-21,25-30,34-39,43-44,46-50,52,92-94,98-99H,4-6,8-9,11-15,22-24,31-33,40-42,45,51,53-91H2,1-3H3,(H,103,104)(H,105,106)/b10-7-,19-16-,20-17-,21-18-,28-25-,29-26-,30-27-,37-34-,38-35-,39-36-,44-43-,49-46-,50-47-,52-48-. The third-order valence-corrected chi connectivity index (χ3v) is 20.8. The number of aliphatic hydroxyl groups is 2. The van der Waals surface area contributed by atoms with Gasteiger partial charge in [0.05, 0.1) is 26.4 Å². The van der Waals surface area contributed by atoms with Gasteiger partial charge in [0.15, 0.2) is 6.10 Å². The molecule has 658 valence electrons. The number of allylic oxidation sites excluding steroid dienone is 28. The Balaban J connectivity index is 4.68. The number of hydrogen-bond acceptors (Lipinski definition) is 14. The van der Waals surface area contributed by atoms with E-state index in [0.717, 1.165) is 173 Å². The summed E-state index contributed by atoms with van der Waals surface area (Å²) in [6, 6.07) is 0. The van der Waals surface area contributed by atoms with Gasteiger partial charge in [-0.15, -0.1) is 0 Å². The summed E-state index contributed by atoms with van der Waals surface area (Å²) in [5, 5.41) is 20.7. The third kappa shape index (κ3) is 89.5. The van der Waals surface area contributed by atoms with Crippen LogP contribution in [0.4, 0.5) is 0 Å². The molecule has 0 aromatic rings. The SMILES string of the molecule is CC/C=C\C/C=C\C/C=C\C/C=C\C/C=C\C/C=C\CCCCCCCCCCCCC(=O)OCC(O)COP(=O)(O)OCC(O)COP(=O)(O)OCC(COC(=O)CCCCCCCCCCC/C=C\C/C=C\C/C=C\C/C=C\CCCCC)OC(=O)CCCCCCCCCCC/C=C\C/C=C\C/C=C\C/C=C\CCCCC. The summed E-state index contributed by atoms with van der Waals surface area (Å²) in [5.74, 6) is -1.59. The highest BCUT2D eigenvalue weighted by molar-refractivity contribution is 7.47. The quantitative estimate of drug-likeness (QED) is 0.0146. The van der Waals surface area contributed by atoms with Crippen molar-refractivity contribution in [2.75, 3.05) is 39.6 Å². The molecule has 0 aliphatic rings. The van der Waals surface area contributed by atoms with Crippen LogP contribution in [0.25, 0.3) is 0 Å². The van der Waals surface area contributed by atoms with Crippen molar-refractivity contribution in [3.8, 4) is 0 Å². The van der Waals surface area contributed by atoms with Crippen LogP contribution in [0.2, 0.25) is 0 Å². The molecule has 16 nitrogen and oxygen atoms in total. The largest absolute Gasteiger partial charge is 0.472 e. The predicted molar refractivity (Wildman–Crippen MR) is 482 cm³/mol. The Morgan fingerprint density at radius 2 is 0.461 bits per heavy atom. The van der Waals surface area contributed by atoms with Gasteiger partial charge in [-0.25, -0.2) is 9.13 Å². The van der Waals surface area contributed by atoms with E-state index >= 15 is 0 Å². The van der Waals surface area contributed by atoms with E-state index in [9.17, 15) is 43.5 Å². The molecule has 5 unspecified atom stereocenters. The van der Waals surface area contributed by atoms with Crippen molar-refractivity contribution < 1.29 is 75.8 Å². The predicted octanol–water partition coefficient (Wildman–Crippen LogP) is 27.9. The maximum atomic E-state index is 13.1. The second kappa shape index (κ2) is 88.2. The summed E-state index contributed by atoms with van der Waals surface area (Å²) in [6.07, 6.45) is 114. The number of aliphatic hydroxyl groups excluding tert-OH is 2. The molecule has 5 atom stereocenters. The van der Waals surface area contributed by atoms with E-state index in [1.165, 1.54) is 135 Å². The van der Waals surface area contributed by atoms with Gasteiger partial charge in [0, 0.05) is 19.3 Å².